The first-order chi connectivity index (χ1) is 16.4. The minimum absolute atomic E-state index is 0.00432. The SMILES string of the molecule is FC(F)C(F)(F)Oc1ccc(Nc2cc(Cl)nc(N=NCc3ccc(OC(F)(F)F)cc3)n2)cc1. The fourth-order valence-electron chi connectivity index (χ4n) is 2.45. The molecular weight excluding hydrogens is 511 g/mol. The van der Waals surface area contributed by atoms with Crippen LogP contribution >= 0.6 is 11.6 Å². The van der Waals surface area contributed by atoms with Gasteiger partial charge >= 0.3 is 18.9 Å². The molecule has 0 saturated carbocycles. The molecule has 35 heavy (non-hydrogen) atoms. The van der Waals surface area contributed by atoms with E-state index >= 15 is 0 Å². The summed E-state index contributed by atoms with van der Waals surface area (Å²) in [6.45, 7) is -0.00432. The van der Waals surface area contributed by atoms with E-state index in [4.69, 9.17) is 11.6 Å². The molecule has 0 amide bonds. The van der Waals surface area contributed by atoms with Crippen LogP contribution in [0.1, 0.15) is 5.56 Å². The topological polar surface area (TPSA) is 81.0 Å². The largest absolute Gasteiger partial charge is 0.573 e. The zero-order chi connectivity index (χ0) is 25.6. The van der Waals surface area contributed by atoms with Gasteiger partial charge in [0.15, 0.2) is 0 Å². The van der Waals surface area contributed by atoms with Crippen molar-refractivity contribution in [1.29, 1.82) is 0 Å². The second-order valence-electron chi connectivity index (χ2n) is 6.58. The van der Waals surface area contributed by atoms with E-state index in [2.05, 4.69) is 35.0 Å². The van der Waals surface area contributed by atoms with Crippen molar-refractivity contribution in [1.82, 2.24) is 9.97 Å². The van der Waals surface area contributed by atoms with Crippen LogP contribution in [-0.4, -0.2) is 28.9 Å². The van der Waals surface area contributed by atoms with E-state index in [0.717, 1.165) is 24.3 Å². The predicted octanol–water partition coefficient (Wildman–Crippen LogP) is 7.29. The lowest BCUT2D eigenvalue weighted by atomic mass is 10.2. The number of halogens is 8. The van der Waals surface area contributed by atoms with Gasteiger partial charge in [-0.3, -0.25) is 0 Å². The molecule has 0 fully saturated rings. The third-order valence-corrected chi connectivity index (χ3v) is 4.08. The highest BCUT2D eigenvalue weighted by Gasteiger charge is 2.43. The fourth-order valence-corrected chi connectivity index (χ4v) is 2.63. The molecule has 1 heterocycles. The summed E-state index contributed by atoms with van der Waals surface area (Å²) in [6, 6.07) is 11.0. The second-order valence-corrected chi connectivity index (χ2v) is 6.97. The number of alkyl halides is 7. The van der Waals surface area contributed by atoms with Crippen LogP contribution in [0, 0.1) is 0 Å². The van der Waals surface area contributed by atoms with E-state index in [1.807, 2.05) is 0 Å². The number of azo groups is 1. The molecule has 0 aliphatic carbocycles. The Morgan fingerprint density at radius 3 is 2.09 bits per heavy atom. The van der Waals surface area contributed by atoms with E-state index in [0.29, 0.717) is 11.3 Å². The first-order valence-corrected chi connectivity index (χ1v) is 9.76. The summed E-state index contributed by atoms with van der Waals surface area (Å²) in [7, 11) is 0. The summed E-state index contributed by atoms with van der Waals surface area (Å²) in [6.07, 6.45) is -13.4. The van der Waals surface area contributed by atoms with Crippen molar-refractivity contribution < 1.29 is 40.2 Å². The second kappa shape index (κ2) is 10.7. The van der Waals surface area contributed by atoms with Crippen molar-refractivity contribution >= 4 is 29.1 Å². The van der Waals surface area contributed by atoms with E-state index in [1.165, 1.54) is 30.3 Å². The van der Waals surface area contributed by atoms with E-state index in [-0.39, 0.29) is 29.2 Å². The molecule has 1 N–H and O–H groups in total. The van der Waals surface area contributed by atoms with Crippen LogP contribution in [0.25, 0.3) is 0 Å². The summed E-state index contributed by atoms with van der Waals surface area (Å²) in [4.78, 5) is 7.92. The van der Waals surface area contributed by atoms with Gasteiger partial charge < -0.3 is 14.8 Å². The summed E-state index contributed by atoms with van der Waals surface area (Å²) in [5.74, 6) is -0.851. The minimum atomic E-state index is -4.80. The van der Waals surface area contributed by atoms with Crippen LogP contribution in [0.15, 0.2) is 64.8 Å². The Morgan fingerprint density at radius 1 is 0.886 bits per heavy atom. The zero-order valence-electron chi connectivity index (χ0n) is 17.1. The highest BCUT2D eigenvalue weighted by molar-refractivity contribution is 6.29. The summed E-state index contributed by atoms with van der Waals surface area (Å²) in [5.41, 5.74) is 0.861. The van der Waals surface area contributed by atoms with Crippen LogP contribution in [-0.2, 0) is 6.54 Å². The van der Waals surface area contributed by atoms with Gasteiger partial charge in [0.25, 0.3) is 5.95 Å². The van der Waals surface area contributed by atoms with Gasteiger partial charge in [0.2, 0.25) is 0 Å². The van der Waals surface area contributed by atoms with Crippen LogP contribution in [0.2, 0.25) is 5.15 Å². The quantitative estimate of drug-likeness (QED) is 0.181. The molecule has 186 valence electrons. The van der Waals surface area contributed by atoms with Gasteiger partial charge in [-0.25, -0.2) is 0 Å². The molecule has 1 aromatic heterocycles. The Labute approximate surface area is 197 Å². The first-order valence-electron chi connectivity index (χ1n) is 9.38. The smallest absolute Gasteiger partial charge is 0.428 e. The van der Waals surface area contributed by atoms with E-state index in [9.17, 15) is 30.7 Å². The number of rotatable bonds is 9. The number of anilines is 2. The Balaban J connectivity index is 1.62. The Bertz CT molecular complexity index is 1160. The lowest BCUT2D eigenvalue weighted by molar-refractivity contribution is -0.274. The predicted molar refractivity (Wildman–Crippen MR) is 110 cm³/mol. The molecule has 2 aromatic carbocycles. The van der Waals surface area contributed by atoms with Crippen molar-refractivity contribution in [2.75, 3.05) is 5.32 Å². The van der Waals surface area contributed by atoms with E-state index < -0.39 is 24.6 Å². The average molecular weight is 524 g/mol. The Morgan fingerprint density at radius 2 is 1.49 bits per heavy atom. The number of ether oxygens (including phenoxy) is 2. The molecule has 0 bridgehead atoms. The molecule has 0 atom stereocenters. The Hall–Kier alpha value is -3.68. The molecular formula is C20H13ClF7N5O2. The molecule has 7 nitrogen and oxygen atoms in total. The maximum absolute atomic E-state index is 13.0. The lowest BCUT2D eigenvalue weighted by Gasteiger charge is -2.17. The molecule has 0 saturated heterocycles. The third-order valence-electron chi connectivity index (χ3n) is 3.89. The number of nitrogens with zero attached hydrogens (tertiary/aromatic N) is 4. The summed E-state index contributed by atoms with van der Waals surface area (Å²) < 4.78 is 94.7. The maximum atomic E-state index is 13.0. The number of aromatic nitrogens is 2. The van der Waals surface area contributed by atoms with E-state index in [1.54, 1.807) is 0 Å². The van der Waals surface area contributed by atoms with Gasteiger partial charge in [0, 0.05) is 11.8 Å². The van der Waals surface area contributed by atoms with Crippen LogP contribution in [0.4, 0.5) is 48.2 Å². The highest BCUT2D eigenvalue weighted by Crippen LogP contribution is 2.29. The third kappa shape index (κ3) is 8.24. The van der Waals surface area contributed by atoms with Crippen LogP contribution in [0.3, 0.4) is 0 Å². The van der Waals surface area contributed by atoms with Crippen LogP contribution < -0.4 is 14.8 Å². The normalized spacial score (nSPS) is 12.3. The fraction of sp³-hybridized carbons (Fsp3) is 0.200. The monoisotopic (exact) mass is 523 g/mol. The molecule has 15 heteroatoms. The zero-order valence-corrected chi connectivity index (χ0v) is 17.9. The molecule has 0 aliphatic rings. The standard InChI is InChI=1S/C20H13ClF7N5O2/c21-15-9-16(30-12-3-7-13(8-4-12)34-19(24,25)17(22)23)32-18(31-15)33-29-10-11-1-5-14(6-2-11)35-20(26,27)28/h1-9,17H,10H2,(H,30,31,32). The number of benzene rings is 2. The molecule has 0 unspecified atom stereocenters. The van der Waals surface area contributed by atoms with Crippen LogP contribution in [0.5, 0.6) is 11.5 Å². The van der Waals surface area contributed by atoms with Gasteiger partial charge in [-0.15, -0.1) is 18.3 Å². The van der Waals surface area contributed by atoms with Gasteiger partial charge in [0.05, 0.1) is 6.54 Å². The van der Waals surface area contributed by atoms with Gasteiger partial charge in [-0.2, -0.15) is 32.6 Å². The van der Waals surface area contributed by atoms with Gasteiger partial charge in [-0.05, 0) is 42.0 Å². The highest BCUT2D eigenvalue weighted by atomic mass is 35.5. The van der Waals surface area contributed by atoms with Crippen molar-refractivity contribution in [3.05, 3.63) is 65.3 Å². The molecule has 0 radical (unpaired) electrons. The maximum Gasteiger partial charge on any atom is 0.573 e. The van der Waals surface area contributed by atoms with Crippen molar-refractivity contribution in [2.24, 2.45) is 10.2 Å². The van der Waals surface area contributed by atoms with Crippen molar-refractivity contribution in [3.63, 3.8) is 0 Å². The number of hydrogen-bond donors (Lipinski definition) is 1. The molecule has 3 rings (SSSR count). The summed E-state index contributed by atoms with van der Waals surface area (Å²) in [5, 5.41) is 10.5. The molecule has 0 aliphatic heterocycles. The minimum Gasteiger partial charge on any atom is -0.428 e. The molecule has 0 spiro atoms. The number of hydrogen-bond acceptors (Lipinski definition) is 7. The summed E-state index contributed by atoms with van der Waals surface area (Å²) >= 11 is 5.94. The molecule has 3 aromatic rings. The first kappa shape index (κ1) is 25.9. The average Bonchev–Trinajstić information content (AvgIpc) is 2.75. The van der Waals surface area contributed by atoms with Gasteiger partial charge in [-0.1, -0.05) is 23.7 Å². The lowest BCUT2D eigenvalue weighted by Crippen LogP contribution is -2.33. The van der Waals surface area contributed by atoms with Crippen molar-refractivity contribution in [2.45, 2.75) is 25.4 Å². The number of nitrogens with one attached hydrogen (secondary N) is 1. The van der Waals surface area contributed by atoms with Crippen molar-refractivity contribution in [3.8, 4) is 11.5 Å². The van der Waals surface area contributed by atoms with Gasteiger partial charge in [0.1, 0.15) is 22.5 Å². The Kier molecular flexibility index (Phi) is 7.94.